The molecule has 0 atom stereocenters. The highest BCUT2D eigenvalue weighted by atomic mass is 28.4. The average Bonchev–Trinajstić information content (AvgIpc) is 2.16. The van der Waals surface area contributed by atoms with Crippen molar-refractivity contribution < 1.29 is 4.43 Å². The van der Waals surface area contributed by atoms with Crippen LogP contribution >= 0.6 is 0 Å². The van der Waals surface area contributed by atoms with Crippen LogP contribution in [0.25, 0.3) is 5.57 Å². The second kappa shape index (κ2) is 5.46. The summed E-state index contributed by atoms with van der Waals surface area (Å²) in [6.07, 6.45) is 0.307. The first-order valence-corrected chi connectivity index (χ1v) is 8.82. The quantitative estimate of drug-likeness (QED) is 0.707. The van der Waals surface area contributed by atoms with Gasteiger partial charge in [-0.15, -0.1) is 0 Å². The van der Waals surface area contributed by atoms with E-state index in [1.807, 2.05) is 6.07 Å². The number of hydrogen-bond donors (Lipinski definition) is 0. The molecule has 0 aliphatic heterocycles. The summed E-state index contributed by atoms with van der Waals surface area (Å²) < 4.78 is 5.99. The Morgan fingerprint density at radius 3 is 2.25 bits per heavy atom. The van der Waals surface area contributed by atoms with Gasteiger partial charge < -0.3 is 4.43 Å². The van der Waals surface area contributed by atoms with Crippen LogP contribution < -0.4 is 0 Å². The smallest absolute Gasteiger partial charge is 0.211 e. The third kappa shape index (κ3) is 4.33. The summed E-state index contributed by atoms with van der Waals surface area (Å²) in [5.41, 5.74) is 4.93. The lowest BCUT2D eigenvalue weighted by Gasteiger charge is -2.23. The number of hydrogen-bond acceptors (Lipinski definition) is 1. The second-order valence-corrected chi connectivity index (χ2v) is 8.69. The van der Waals surface area contributed by atoms with E-state index in [9.17, 15) is 0 Å². The van der Waals surface area contributed by atoms with E-state index in [2.05, 4.69) is 63.8 Å². The van der Waals surface area contributed by atoms with Crippen molar-refractivity contribution >= 4 is 13.9 Å². The molecule has 0 N–H and O–H groups in total. The monoisotopic (exact) mass is 234 g/mol. The molecule has 0 saturated heterocycles. The lowest BCUT2D eigenvalue weighted by molar-refractivity contribution is 0.238. The van der Waals surface area contributed by atoms with Gasteiger partial charge in [0.05, 0.1) is 0 Å². The lowest BCUT2D eigenvalue weighted by Crippen LogP contribution is -2.31. The van der Waals surface area contributed by atoms with Gasteiger partial charge in [0.2, 0.25) is 8.32 Å². The normalized spacial score (nSPS) is 13.2. The molecule has 0 saturated carbocycles. The van der Waals surface area contributed by atoms with Crippen molar-refractivity contribution in [1.82, 2.24) is 0 Å². The minimum atomic E-state index is -1.67. The van der Waals surface area contributed by atoms with E-state index < -0.39 is 8.32 Å². The molecule has 1 aromatic rings. The van der Waals surface area contributed by atoms with Crippen molar-refractivity contribution in [3.63, 3.8) is 0 Å². The summed E-state index contributed by atoms with van der Waals surface area (Å²) in [5.74, 6) is 0. The molecule has 0 radical (unpaired) electrons. The second-order valence-electron chi connectivity index (χ2n) is 4.96. The van der Waals surface area contributed by atoms with E-state index in [1.165, 1.54) is 11.1 Å². The third-order valence-corrected chi connectivity index (χ3v) is 4.54. The first-order valence-electron chi connectivity index (χ1n) is 5.83. The minimum Gasteiger partial charge on any atom is -0.411 e. The predicted molar refractivity (Wildman–Crippen MR) is 73.8 cm³/mol. The highest BCUT2D eigenvalue weighted by Crippen LogP contribution is 2.19. The van der Waals surface area contributed by atoms with Gasteiger partial charge in [-0.25, -0.2) is 0 Å². The van der Waals surface area contributed by atoms with Gasteiger partial charge >= 0.3 is 0 Å². The number of allylic oxidation sites excluding steroid dienone is 1. The highest BCUT2D eigenvalue weighted by molar-refractivity contribution is 6.77. The SMILES string of the molecule is CC(=C[Si](C)(C)OC(C)C)c1ccccc1. The predicted octanol–water partition coefficient (Wildman–Crippen LogP) is 4.26. The largest absolute Gasteiger partial charge is 0.411 e. The fourth-order valence-electron chi connectivity index (χ4n) is 1.95. The van der Waals surface area contributed by atoms with Gasteiger partial charge in [-0.1, -0.05) is 36.0 Å². The van der Waals surface area contributed by atoms with Gasteiger partial charge in [-0.3, -0.25) is 0 Å². The van der Waals surface area contributed by atoms with E-state index in [-0.39, 0.29) is 0 Å². The van der Waals surface area contributed by atoms with Crippen molar-refractivity contribution in [3.05, 3.63) is 41.6 Å². The molecular weight excluding hydrogens is 212 g/mol. The highest BCUT2D eigenvalue weighted by Gasteiger charge is 2.21. The van der Waals surface area contributed by atoms with E-state index in [0.29, 0.717) is 6.10 Å². The summed E-state index contributed by atoms with van der Waals surface area (Å²) in [4.78, 5) is 0. The van der Waals surface area contributed by atoms with Crippen LogP contribution in [-0.2, 0) is 4.43 Å². The van der Waals surface area contributed by atoms with E-state index in [4.69, 9.17) is 4.43 Å². The fraction of sp³-hybridized carbons (Fsp3) is 0.429. The summed E-state index contributed by atoms with van der Waals surface area (Å²) >= 11 is 0. The maximum absolute atomic E-state index is 5.99. The van der Waals surface area contributed by atoms with Crippen LogP contribution in [0.3, 0.4) is 0 Å². The molecule has 0 spiro atoms. The van der Waals surface area contributed by atoms with Crippen molar-refractivity contribution in [2.75, 3.05) is 0 Å². The standard InChI is InChI=1S/C14H22OSi/c1-12(2)15-16(4,5)11-13(3)14-9-7-6-8-10-14/h6-12H,1-5H3. The Balaban J connectivity index is 2.84. The van der Waals surface area contributed by atoms with E-state index in [1.54, 1.807) is 0 Å². The molecule has 16 heavy (non-hydrogen) atoms. The maximum atomic E-state index is 5.99. The van der Waals surface area contributed by atoms with Crippen LogP contribution in [0.5, 0.6) is 0 Å². The van der Waals surface area contributed by atoms with Crippen LogP contribution in [0.1, 0.15) is 26.3 Å². The van der Waals surface area contributed by atoms with Gasteiger partial charge in [0.15, 0.2) is 0 Å². The van der Waals surface area contributed by atoms with Crippen LogP contribution in [0.2, 0.25) is 13.1 Å². The Hall–Kier alpha value is -0.863. The summed E-state index contributed by atoms with van der Waals surface area (Å²) in [6, 6.07) is 10.5. The Kier molecular flexibility index (Phi) is 4.51. The Morgan fingerprint density at radius 1 is 1.19 bits per heavy atom. The summed E-state index contributed by atoms with van der Waals surface area (Å²) in [6.45, 7) is 10.8. The summed E-state index contributed by atoms with van der Waals surface area (Å²) in [7, 11) is -1.67. The van der Waals surface area contributed by atoms with Crippen molar-refractivity contribution in [1.29, 1.82) is 0 Å². The first-order chi connectivity index (χ1) is 7.41. The molecule has 0 aliphatic rings. The Labute approximate surface area is 100 Å². The van der Waals surface area contributed by atoms with E-state index in [0.717, 1.165) is 0 Å². The van der Waals surface area contributed by atoms with Gasteiger partial charge in [0.25, 0.3) is 0 Å². The number of rotatable bonds is 4. The molecule has 0 unspecified atom stereocenters. The molecule has 0 heterocycles. The van der Waals surface area contributed by atoms with Crippen molar-refractivity contribution in [2.24, 2.45) is 0 Å². The van der Waals surface area contributed by atoms with Gasteiger partial charge in [0, 0.05) is 6.10 Å². The molecule has 1 nitrogen and oxygen atoms in total. The van der Waals surface area contributed by atoms with Crippen molar-refractivity contribution in [3.8, 4) is 0 Å². The average molecular weight is 234 g/mol. The first kappa shape index (κ1) is 13.2. The third-order valence-electron chi connectivity index (χ3n) is 2.33. The van der Waals surface area contributed by atoms with Crippen LogP contribution in [-0.4, -0.2) is 14.4 Å². The molecule has 0 bridgehead atoms. The fourth-order valence-corrected chi connectivity index (χ4v) is 4.44. The zero-order valence-corrected chi connectivity index (χ0v) is 11.9. The van der Waals surface area contributed by atoms with Gasteiger partial charge in [-0.05, 0) is 45.0 Å². The van der Waals surface area contributed by atoms with E-state index >= 15 is 0 Å². The van der Waals surface area contributed by atoms with Crippen molar-refractivity contribution in [2.45, 2.75) is 40.0 Å². The summed E-state index contributed by atoms with van der Waals surface area (Å²) in [5, 5.41) is 0. The molecule has 1 aromatic carbocycles. The molecular formula is C14H22OSi. The molecule has 1 rings (SSSR count). The lowest BCUT2D eigenvalue weighted by atomic mass is 10.1. The van der Waals surface area contributed by atoms with Crippen LogP contribution in [0.15, 0.2) is 36.0 Å². The minimum absolute atomic E-state index is 0.307. The van der Waals surface area contributed by atoms with Crippen LogP contribution in [0, 0.1) is 0 Å². The van der Waals surface area contributed by atoms with Gasteiger partial charge in [0.1, 0.15) is 0 Å². The van der Waals surface area contributed by atoms with Gasteiger partial charge in [-0.2, -0.15) is 0 Å². The number of benzene rings is 1. The molecule has 0 aromatic heterocycles. The zero-order chi connectivity index (χ0) is 12.2. The molecule has 88 valence electrons. The molecule has 0 amide bonds. The molecule has 2 heteroatoms. The topological polar surface area (TPSA) is 9.23 Å². The molecule has 0 aliphatic carbocycles. The zero-order valence-electron chi connectivity index (χ0n) is 10.9. The Morgan fingerprint density at radius 2 is 1.75 bits per heavy atom. The molecule has 0 fully saturated rings. The Bertz CT molecular complexity index is 352. The maximum Gasteiger partial charge on any atom is 0.211 e. The van der Waals surface area contributed by atoms with Crippen LogP contribution in [0.4, 0.5) is 0 Å².